The van der Waals surface area contributed by atoms with E-state index in [0.717, 1.165) is 0 Å². The molecule has 1 N–H and O–H groups in total. The zero-order valence-corrected chi connectivity index (χ0v) is 9.66. The Morgan fingerprint density at radius 2 is 2.17 bits per heavy atom. The molecule has 0 atom stereocenters. The van der Waals surface area contributed by atoms with E-state index in [9.17, 15) is 10.0 Å². The Morgan fingerprint density at radius 3 is 2.78 bits per heavy atom. The maximum Gasteiger partial charge on any atom is 0.248 e. The summed E-state index contributed by atoms with van der Waals surface area (Å²) in [6.07, 6.45) is 2.71. The fourth-order valence-corrected chi connectivity index (χ4v) is 1.31. The van der Waals surface area contributed by atoms with E-state index >= 15 is 0 Å². The van der Waals surface area contributed by atoms with Crippen LogP contribution in [0.5, 0.6) is 0 Å². The van der Waals surface area contributed by atoms with Crippen molar-refractivity contribution in [3.63, 3.8) is 0 Å². The molecule has 0 aliphatic heterocycles. The summed E-state index contributed by atoms with van der Waals surface area (Å²) in [5.74, 6) is -0.305. The number of anilines is 1. The maximum absolute atomic E-state index is 11.6. The SMILES string of the molecule is Cc1c(/C=C/C(=O)Nc2ccccc2)no[n+]1[O-]. The van der Waals surface area contributed by atoms with Crippen LogP contribution in [-0.4, -0.2) is 11.1 Å². The molecule has 0 radical (unpaired) electrons. The molecule has 1 heterocycles. The van der Waals surface area contributed by atoms with Crippen LogP contribution in [0.1, 0.15) is 11.4 Å². The van der Waals surface area contributed by atoms with Gasteiger partial charge in [-0.1, -0.05) is 18.2 Å². The summed E-state index contributed by atoms with van der Waals surface area (Å²) >= 11 is 0. The number of hydrogen-bond donors (Lipinski definition) is 1. The van der Waals surface area contributed by atoms with Gasteiger partial charge in [0.05, 0.1) is 0 Å². The molecule has 0 aliphatic rings. The van der Waals surface area contributed by atoms with Crippen molar-refractivity contribution in [3.8, 4) is 0 Å². The maximum atomic E-state index is 11.6. The largest absolute Gasteiger partial charge is 0.359 e. The van der Waals surface area contributed by atoms with Gasteiger partial charge in [-0.2, -0.15) is 0 Å². The van der Waals surface area contributed by atoms with Gasteiger partial charge < -0.3 is 10.5 Å². The average molecular weight is 245 g/mol. The number of hydrogen-bond acceptors (Lipinski definition) is 4. The first-order valence-corrected chi connectivity index (χ1v) is 5.27. The molecule has 0 saturated heterocycles. The normalized spacial score (nSPS) is 10.7. The number of amides is 1. The number of nitrogens with one attached hydrogen (secondary N) is 1. The van der Waals surface area contributed by atoms with Crippen LogP contribution in [0.4, 0.5) is 5.69 Å². The molecular formula is C12H11N3O3. The van der Waals surface area contributed by atoms with Crippen molar-refractivity contribution in [1.29, 1.82) is 0 Å². The van der Waals surface area contributed by atoms with Crippen molar-refractivity contribution < 1.29 is 14.3 Å². The molecule has 0 unspecified atom stereocenters. The third-order valence-corrected chi connectivity index (χ3v) is 2.29. The molecule has 0 spiro atoms. The molecule has 1 amide bonds. The second-order valence-electron chi connectivity index (χ2n) is 3.59. The zero-order chi connectivity index (χ0) is 13.0. The Balaban J connectivity index is 2.02. The first-order chi connectivity index (χ1) is 8.66. The highest BCUT2D eigenvalue weighted by Crippen LogP contribution is 2.06. The number of carbonyl (C=O) groups is 1. The van der Waals surface area contributed by atoms with Crippen LogP contribution < -0.4 is 10.2 Å². The molecule has 2 rings (SSSR count). The van der Waals surface area contributed by atoms with E-state index in [1.54, 1.807) is 19.1 Å². The van der Waals surface area contributed by atoms with Gasteiger partial charge in [-0.3, -0.25) is 9.42 Å². The minimum atomic E-state index is -0.305. The molecule has 6 nitrogen and oxygen atoms in total. The Bertz CT molecular complexity index is 576. The Morgan fingerprint density at radius 1 is 1.44 bits per heavy atom. The lowest BCUT2D eigenvalue weighted by atomic mass is 10.3. The molecule has 92 valence electrons. The van der Waals surface area contributed by atoms with E-state index in [1.165, 1.54) is 12.2 Å². The summed E-state index contributed by atoms with van der Waals surface area (Å²) in [7, 11) is 0. The highest BCUT2D eigenvalue weighted by molar-refractivity contribution is 6.01. The van der Waals surface area contributed by atoms with Crippen LogP contribution in [0.3, 0.4) is 0 Å². The first kappa shape index (κ1) is 11.8. The van der Waals surface area contributed by atoms with Crippen molar-refractivity contribution in [1.82, 2.24) is 5.16 Å². The van der Waals surface area contributed by atoms with Gasteiger partial charge >= 0.3 is 0 Å². The summed E-state index contributed by atoms with van der Waals surface area (Å²) in [5, 5.41) is 17.1. The van der Waals surface area contributed by atoms with Gasteiger partial charge in [-0.25, -0.2) is 0 Å². The molecule has 1 aromatic heterocycles. The minimum absolute atomic E-state index is 0.286. The number of nitrogens with zero attached hydrogens (tertiary/aromatic N) is 2. The lowest BCUT2D eigenvalue weighted by molar-refractivity contribution is -0.806. The van der Waals surface area contributed by atoms with E-state index < -0.39 is 0 Å². The van der Waals surface area contributed by atoms with Crippen molar-refractivity contribution >= 4 is 17.7 Å². The average Bonchev–Trinajstić information content (AvgIpc) is 2.69. The number of benzene rings is 1. The van der Waals surface area contributed by atoms with Crippen molar-refractivity contribution in [2.75, 3.05) is 5.32 Å². The summed E-state index contributed by atoms with van der Waals surface area (Å²) in [6.45, 7) is 1.55. The first-order valence-electron chi connectivity index (χ1n) is 5.27. The molecule has 0 fully saturated rings. The van der Waals surface area contributed by atoms with Crippen LogP contribution in [0.25, 0.3) is 6.08 Å². The topological polar surface area (TPSA) is 82.1 Å². The number of para-hydroxylation sites is 1. The lowest BCUT2D eigenvalue weighted by Gasteiger charge is -1.99. The second-order valence-corrected chi connectivity index (χ2v) is 3.59. The summed E-state index contributed by atoms with van der Waals surface area (Å²) in [6, 6.07) is 9.05. The van der Waals surface area contributed by atoms with E-state index in [1.807, 2.05) is 18.2 Å². The van der Waals surface area contributed by atoms with Crippen molar-refractivity contribution in [3.05, 3.63) is 53.0 Å². The summed E-state index contributed by atoms with van der Waals surface area (Å²) in [5.41, 5.74) is 1.33. The van der Waals surface area contributed by atoms with Crippen LogP contribution in [0.15, 0.2) is 41.0 Å². The number of rotatable bonds is 3. The predicted octanol–water partition coefficient (Wildman–Crippen LogP) is 1.27. The van der Waals surface area contributed by atoms with Gasteiger partial charge in [-0.15, -0.1) is 0 Å². The van der Waals surface area contributed by atoms with Crippen LogP contribution in [0, 0.1) is 12.1 Å². The molecule has 18 heavy (non-hydrogen) atoms. The third kappa shape index (κ3) is 2.73. The molecule has 0 saturated carbocycles. The lowest BCUT2D eigenvalue weighted by Crippen LogP contribution is -2.25. The van der Waals surface area contributed by atoms with Crippen LogP contribution >= 0.6 is 0 Å². The predicted molar refractivity (Wildman–Crippen MR) is 64.3 cm³/mol. The second kappa shape index (κ2) is 5.13. The molecule has 1 aromatic carbocycles. The Labute approximate surface area is 103 Å². The highest BCUT2D eigenvalue weighted by Gasteiger charge is 2.10. The molecule has 6 heteroatoms. The molecular weight excluding hydrogens is 234 g/mol. The van der Waals surface area contributed by atoms with Crippen LogP contribution in [0.2, 0.25) is 0 Å². The molecule has 2 aromatic rings. The van der Waals surface area contributed by atoms with E-state index in [-0.39, 0.29) is 10.8 Å². The highest BCUT2D eigenvalue weighted by atomic mass is 16.8. The monoisotopic (exact) mass is 245 g/mol. The Kier molecular flexibility index (Phi) is 3.38. The van der Waals surface area contributed by atoms with Gasteiger partial charge in [-0.05, 0) is 17.0 Å². The minimum Gasteiger partial charge on any atom is -0.359 e. The van der Waals surface area contributed by atoms with E-state index in [0.29, 0.717) is 17.1 Å². The number of carbonyl (C=O) groups excluding carboxylic acids is 1. The van der Waals surface area contributed by atoms with E-state index in [4.69, 9.17) is 0 Å². The van der Waals surface area contributed by atoms with Gasteiger partial charge in [0.25, 0.3) is 0 Å². The summed E-state index contributed by atoms with van der Waals surface area (Å²) in [4.78, 5) is 11.8. The number of aromatic nitrogens is 2. The van der Waals surface area contributed by atoms with Crippen LogP contribution in [-0.2, 0) is 4.79 Å². The fourth-order valence-electron chi connectivity index (χ4n) is 1.31. The third-order valence-electron chi connectivity index (χ3n) is 2.29. The van der Waals surface area contributed by atoms with E-state index in [2.05, 4.69) is 15.1 Å². The fraction of sp³-hybridized carbons (Fsp3) is 0.0833. The van der Waals surface area contributed by atoms with Crippen molar-refractivity contribution in [2.45, 2.75) is 6.92 Å². The molecule has 0 bridgehead atoms. The van der Waals surface area contributed by atoms with Gasteiger partial charge in [0, 0.05) is 29.9 Å². The van der Waals surface area contributed by atoms with Gasteiger partial charge in [0.2, 0.25) is 11.6 Å². The standard InChI is InChI=1S/C12H11N3O3/c1-9-11(14-18-15(9)17)7-8-12(16)13-10-5-3-2-4-6-10/h2-8H,1H3,(H,13,16)/b8-7+. The van der Waals surface area contributed by atoms with Gasteiger partial charge in [0.15, 0.2) is 5.69 Å². The molecule has 0 aliphatic carbocycles. The van der Waals surface area contributed by atoms with Crippen molar-refractivity contribution in [2.24, 2.45) is 0 Å². The van der Waals surface area contributed by atoms with Gasteiger partial charge in [0.1, 0.15) is 0 Å². The summed E-state index contributed by atoms with van der Waals surface area (Å²) < 4.78 is 4.37. The zero-order valence-electron chi connectivity index (χ0n) is 9.66. The Hall–Kier alpha value is -2.63. The quantitative estimate of drug-likeness (QED) is 0.652. The smallest absolute Gasteiger partial charge is 0.248 e.